The van der Waals surface area contributed by atoms with Crippen LogP contribution in [-0.4, -0.2) is 20.0 Å². The van der Waals surface area contributed by atoms with Crippen molar-refractivity contribution in [1.82, 2.24) is 4.72 Å². The second-order valence-electron chi connectivity index (χ2n) is 4.91. The minimum absolute atomic E-state index is 0.213. The zero-order chi connectivity index (χ0) is 15.3. The van der Waals surface area contributed by atoms with Gasteiger partial charge >= 0.3 is 0 Å². The van der Waals surface area contributed by atoms with Gasteiger partial charge in [-0.2, -0.15) is 0 Å². The monoisotopic (exact) mass is 318 g/mol. The molecule has 0 unspecified atom stereocenters. The Labute approximate surface area is 124 Å². The van der Waals surface area contributed by atoms with Gasteiger partial charge in [0.05, 0.1) is 10.5 Å². The third-order valence-electron chi connectivity index (χ3n) is 2.76. The molecule has 112 valence electrons. The third-order valence-corrected chi connectivity index (χ3v) is 4.47. The first-order valence-electron chi connectivity index (χ1n) is 6.33. The molecule has 1 aromatic carbocycles. The second-order valence-corrected chi connectivity index (χ2v) is 7.09. The van der Waals surface area contributed by atoms with Crippen LogP contribution in [0.25, 0.3) is 0 Å². The SMILES string of the molecule is CC(C)CCCNS(=O)(=O)c1cccc(F)c1C(N)=S. The molecule has 0 aliphatic rings. The van der Waals surface area contributed by atoms with E-state index in [1.54, 1.807) is 0 Å². The fourth-order valence-corrected chi connectivity index (χ4v) is 3.34. The van der Waals surface area contributed by atoms with Gasteiger partial charge in [0.2, 0.25) is 10.0 Å². The normalized spacial score (nSPS) is 11.8. The molecule has 7 heteroatoms. The van der Waals surface area contributed by atoms with E-state index in [1.165, 1.54) is 12.1 Å². The van der Waals surface area contributed by atoms with Crippen molar-refractivity contribution >= 4 is 27.2 Å². The van der Waals surface area contributed by atoms with E-state index in [4.69, 9.17) is 18.0 Å². The van der Waals surface area contributed by atoms with Crippen LogP contribution in [0.4, 0.5) is 4.39 Å². The Kier molecular flexibility index (Phi) is 6.04. The van der Waals surface area contributed by atoms with Crippen LogP contribution >= 0.6 is 12.2 Å². The van der Waals surface area contributed by atoms with E-state index in [9.17, 15) is 12.8 Å². The summed E-state index contributed by atoms with van der Waals surface area (Å²) in [4.78, 5) is -0.486. The minimum Gasteiger partial charge on any atom is -0.389 e. The van der Waals surface area contributed by atoms with Gasteiger partial charge in [-0.1, -0.05) is 32.1 Å². The van der Waals surface area contributed by atoms with Crippen molar-refractivity contribution in [3.05, 3.63) is 29.6 Å². The molecule has 0 saturated carbocycles. The average Bonchev–Trinajstić information content (AvgIpc) is 2.33. The molecule has 3 N–H and O–H groups in total. The summed E-state index contributed by atoms with van der Waals surface area (Å²) >= 11 is 4.72. The number of thiocarbonyl (C=S) groups is 1. The molecule has 1 aromatic rings. The first-order valence-corrected chi connectivity index (χ1v) is 8.23. The summed E-state index contributed by atoms with van der Waals surface area (Å²) in [5, 5.41) is 0. The summed E-state index contributed by atoms with van der Waals surface area (Å²) in [7, 11) is -3.81. The third kappa shape index (κ3) is 4.50. The lowest BCUT2D eigenvalue weighted by atomic mass is 10.1. The van der Waals surface area contributed by atoms with E-state index in [0.29, 0.717) is 18.9 Å². The van der Waals surface area contributed by atoms with E-state index in [0.717, 1.165) is 12.5 Å². The highest BCUT2D eigenvalue weighted by Gasteiger charge is 2.22. The Morgan fingerprint density at radius 1 is 1.45 bits per heavy atom. The molecule has 0 heterocycles. The summed E-state index contributed by atoms with van der Waals surface area (Å²) in [5.74, 6) is -0.233. The van der Waals surface area contributed by atoms with E-state index < -0.39 is 15.8 Å². The molecule has 0 aliphatic carbocycles. The van der Waals surface area contributed by atoms with Gasteiger partial charge < -0.3 is 5.73 Å². The summed E-state index contributed by atoms with van der Waals surface area (Å²) in [6.45, 7) is 4.42. The topological polar surface area (TPSA) is 72.2 Å². The fourth-order valence-electron chi connectivity index (χ4n) is 1.76. The Hall–Kier alpha value is -1.05. The number of hydrogen-bond donors (Lipinski definition) is 2. The van der Waals surface area contributed by atoms with Crippen molar-refractivity contribution in [3.8, 4) is 0 Å². The quantitative estimate of drug-likeness (QED) is 0.597. The van der Waals surface area contributed by atoms with E-state index >= 15 is 0 Å². The maximum atomic E-state index is 13.7. The van der Waals surface area contributed by atoms with Gasteiger partial charge in [-0.15, -0.1) is 0 Å². The molecule has 0 bridgehead atoms. The van der Waals surface area contributed by atoms with Crippen molar-refractivity contribution in [3.63, 3.8) is 0 Å². The predicted molar refractivity (Wildman–Crippen MR) is 81.5 cm³/mol. The van der Waals surface area contributed by atoms with E-state index in [-0.39, 0.29) is 15.4 Å². The van der Waals surface area contributed by atoms with Crippen molar-refractivity contribution in [2.75, 3.05) is 6.54 Å². The molecule has 0 saturated heterocycles. The summed E-state index contributed by atoms with van der Waals surface area (Å²) in [6, 6.07) is 3.74. The van der Waals surface area contributed by atoms with Gasteiger partial charge in [0.15, 0.2) is 0 Å². The molecular formula is C13H19FN2O2S2. The van der Waals surface area contributed by atoms with Crippen molar-refractivity contribution in [2.24, 2.45) is 11.7 Å². The first kappa shape index (κ1) is 17.0. The van der Waals surface area contributed by atoms with Gasteiger partial charge in [-0.3, -0.25) is 0 Å². The summed E-state index contributed by atoms with van der Waals surface area (Å²) in [5.41, 5.74) is 5.17. The molecular weight excluding hydrogens is 299 g/mol. The van der Waals surface area contributed by atoms with Crippen LogP contribution in [-0.2, 0) is 10.0 Å². The van der Waals surface area contributed by atoms with Gasteiger partial charge in [0.1, 0.15) is 10.8 Å². The zero-order valence-corrected chi connectivity index (χ0v) is 13.2. The second kappa shape index (κ2) is 7.10. The molecule has 0 aliphatic heterocycles. The standard InChI is InChI=1S/C13H19FN2O2S2/c1-9(2)5-4-8-16-20(17,18)11-7-3-6-10(14)12(11)13(15)19/h3,6-7,9,16H,4-5,8H2,1-2H3,(H2,15,19). The van der Waals surface area contributed by atoms with Gasteiger partial charge in [-0.25, -0.2) is 17.5 Å². The Morgan fingerprint density at radius 3 is 2.65 bits per heavy atom. The number of halogens is 1. The number of nitrogens with two attached hydrogens (primary N) is 1. The van der Waals surface area contributed by atoms with Crippen LogP contribution in [0.2, 0.25) is 0 Å². The number of rotatable bonds is 7. The predicted octanol–water partition coefficient (Wildman–Crippen LogP) is 2.17. The summed E-state index contributed by atoms with van der Waals surface area (Å²) < 4.78 is 40.4. The largest absolute Gasteiger partial charge is 0.389 e. The lowest BCUT2D eigenvalue weighted by Gasteiger charge is -2.11. The highest BCUT2D eigenvalue weighted by Crippen LogP contribution is 2.19. The van der Waals surface area contributed by atoms with Crippen LogP contribution in [0.5, 0.6) is 0 Å². The van der Waals surface area contributed by atoms with Gasteiger partial charge in [-0.05, 0) is 30.9 Å². The lowest BCUT2D eigenvalue weighted by Crippen LogP contribution is -2.28. The van der Waals surface area contributed by atoms with Crippen molar-refractivity contribution in [2.45, 2.75) is 31.6 Å². The Bertz CT molecular complexity index is 586. The van der Waals surface area contributed by atoms with Gasteiger partial charge in [0.25, 0.3) is 0 Å². The smallest absolute Gasteiger partial charge is 0.241 e. The molecule has 0 radical (unpaired) electrons. The van der Waals surface area contributed by atoms with Crippen molar-refractivity contribution < 1.29 is 12.8 Å². The number of sulfonamides is 1. The Balaban J connectivity index is 2.93. The number of hydrogen-bond acceptors (Lipinski definition) is 3. The molecule has 0 fully saturated rings. The van der Waals surface area contributed by atoms with E-state index in [2.05, 4.69) is 18.6 Å². The first-order chi connectivity index (χ1) is 9.25. The van der Waals surface area contributed by atoms with Crippen molar-refractivity contribution in [1.29, 1.82) is 0 Å². The molecule has 0 atom stereocenters. The van der Waals surface area contributed by atoms with Crippen LogP contribution in [0.15, 0.2) is 23.1 Å². The summed E-state index contributed by atoms with van der Waals surface area (Å²) in [6.07, 6.45) is 1.63. The number of nitrogens with one attached hydrogen (secondary N) is 1. The highest BCUT2D eigenvalue weighted by atomic mass is 32.2. The molecule has 0 spiro atoms. The number of benzene rings is 1. The zero-order valence-electron chi connectivity index (χ0n) is 11.5. The molecule has 0 amide bonds. The van der Waals surface area contributed by atoms with Crippen LogP contribution in [0.1, 0.15) is 32.3 Å². The van der Waals surface area contributed by atoms with Gasteiger partial charge in [0, 0.05) is 6.54 Å². The Morgan fingerprint density at radius 2 is 2.10 bits per heavy atom. The van der Waals surface area contributed by atoms with Crippen LogP contribution in [0, 0.1) is 11.7 Å². The molecule has 20 heavy (non-hydrogen) atoms. The molecule has 0 aromatic heterocycles. The highest BCUT2D eigenvalue weighted by molar-refractivity contribution is 7.89. The maximum absolute atomic E-state index is 13.7. The molecule has 4 nitrogen and oxygen atoms in total. The van der Waals surface area contributed by atoms with E-state index in [1.807, 2.05) is 0 Å². The lowest BCUT2D eigenvalue weighted by molar-refractivity contribution is 0.539. The van der Waals surface area contributed by atoms with Crippen LogP contribution < -0.4 is 10.5 Å². The maximum Gasteiger partial charge on any atom is 0.241 e. The fraction of sp³-hybridized carbons (Fsp3) is 0.462. The van der Waals surface area contributed by atoms with Crippen LogP contribution in [0.3, 0.4) is 0 Å². The average molecular weight is 318 g/mol. The molecule has 1 rings (SSSR count). The minimum atomic E-state index is -3.81.